The molecule has 5 nitrogen and oxygen atoms in total. The van der Waals surface area contributed by atoms with Crippen LogP contribution in [0.15, 0.2) is 60.9 Å². The SMILES string of the molecule is COc1ccc(C)cc1/C=C/C(=O)NC(c1ccccc1F)c1nccn1C. The van der Waals surface area contributed by atoms with Gasteiger partial charge in [-0.05, 0) is 31.2 Å². The predicted octanol–water partition coefficient (Wildman–Crippen LogP) is 3.80. The molecule has 0 bridgehead atoms. The molecule has 1 atom stereocenters. The van der Waals surface area contributed by atoms with E-state index in [0.717, 1.165) is 11.1 Å². The highest BCUT2D eigenvalue weighted by Gasteiger charge is 2.22. The van der Waals surface area contributed by atoms with Crippen molar-refractivity contribution in [2.24, 2.45) is 7.05 Å². The number of halogens is 1. The number of carbonyl (C=O) groups is 1. The Kier molecular flexibility index (Phi) is 5.89. The van der Waals surface area contributed by atoms with Gasteiger partial charge in [-0.3, -0.25) is 4.79 Å². The molecule has 1 aromatic heterocycles. The number of methoxy groups -OCH3 is 1. The molecule has 0 aliphatic rings. The maximum atomic E-state index is 14.4. The summed E-state index contributed by atoms with van der Waals surface area (Å²) in [5, 5.41) is 2.85. The van der Waals surface area contributed by atoms with E-state index in [1.165, 1.54) is 12.1 Å². The van der Waals surface area contributed by atoms with E-state index in [1.54, 1.807) is 55.4 Å². The van der Waals surface area contributed by atoms with Gasteiger partial charge in [0.25, 0.3) is 0 Å². The number of aromatic nitrogens is 2. The fourth-order valence-electron chi connectivity index (χ4n) is 2.99. The molecule has 28 heavy (non-hydrogen) atoms. The molecule has 1 heterocycles. The molecular weight excluding hydrogens is 357 g/mol. The number of benzene rings is 2. The van der Waals surface area contributed by atoms with Crippen LogP contribution in [0.25, 0.3) is 6.08 Å². The zero-order valence-electron chi connectivity index (χ0n) is 16.0. The van der Waals surface area contributed by atoms with E-state index in [-0.39, 0.29) is 5.91 Å². The molecule has 0 fully saturated rings. The molecule has 3 rings (SSSR count). The maximum Gasteiger partial charge on any atom is 0.244 e. The molecule has 0 spiro atoms. The van der Waals surface area contributed by atoms with Gasteiger partial charge in [0, 0.05) is 36.6 Å². The van der Waals surface area contributed by atoms with Gasteiger partial charge < -0.3 is 14.6 Å². The van der Waals surface area contributed by atoms with Crippen molar-refractivity contribution in [3.63, 3.8) is 0 Å². The topological polar surface area (TPSA) is 56.1 Å². The number of imidazole rings is 1. The van der Waals surface area contributed by atoms with E-state index in [2.05, 4.69) is 10.3 Å². The van der Waals surface area contributed by atoms with Gasteiger partial charge in [0.05, 0.1) is 7.11 Å². The van der Waals surface area contributed by atoms with Crippen molar-refractivity contribution in [2.45, 2.75) is 13.0 Å². The van der Waals surface area contributed by atoms with E-state index >= 15 is 0 Å². The van der Waals surface area contributed by atoms with Crippen molar-refractivity contribution in [3.8, 4) is 5.75 Å². The second-order valence-corrected chi connectivity index (χ2v) is 6.44. The Morgan fingerprint density at radius 1 is 1.29 bits per heavy atom. The number of rotatable bonds is 6. The van der Waals surface area contributed by atoms with Crippen molar-refractivity contribution >= 4 is 12.0 Å². The summed E-state index contributed by atoms with van der Waals surface area (Å²) in [5.74, 6) is 0.448. The third kappa shape index (κ3) is 4.28. The molecule has 0 aliphatic carbocycles. The first-order valence-electron chi connectivity index (χ1n) is 8.84. The zero-order chi connectivity index (χ0) is 20.1. The van der Waals surface area contributed by atoms with Crippen LogP contribution in [0.3, 0.4) is 0 Å². The van der Waals surface area contributed by atoms with Crippen molar-refractivity contribution in [1.29, 1.82) is 0 Å². The lowest BCUT2D eigenvalue weighted by molar-refractivity contribution is -0.117. The lowest BCUT2D eigenvalue weighted by Gasteiger charge is -2.19. The van der Waals surface area contributed by atoms with Gasteiger partial charge >= 0.3 is 0 Å². The van der Waals surface area contributed by atoms with E-state index in [4.69, 9.17) is 4.74 Å². The van der Waals surface area contributed by atoms with E-state index < -0.39 is 11.9 Å². The number of hydrogen-bond donors (Lipinski definition) is 1. The van der Waals surface area contributed by atoms with E-state index in [1.807, 2.05) is 25.1 Å². The van der Waals surface area contributed by atoms with Crippen molar-refractivity contribution < 1.29 is 13.9 Å². The standard InChI is InChI=1S/C22H22FN3O2/c1-15-8-10-19(28-3)16(14-15)9-11-20(27)25-21(22-24-12-13-26(22)2)17-6-4-5-7-18(17)23/h4-14,21H,1-3H3,(H,25,27)/b11-9+. The fraction of sp³-hybridized carbons (Fsp3) is 0.182. The fourth-order valence-corrected chi connectivity index (χ4v) is 2.99. The van der Waals surface area contributed by atoms with Gasteiger partial charge in [-0.15, -0.1) is 0 Å². The van der Waals surface area contributed by atoms with Gasteiger partial charge in [0.1, 0.15) is 23.4 Å². The number of aryl methyl sites for hydroxylation is 2. The van der Waals surface area contributed by atoms with Crippen LogP contribution in [0.2, 0.25) is 0 Å². The predicted molar refractivity (Wildman–Crippen MR) is 106 cm³/mol. The first-order chi connectivity index (χ1) is 13.5. The highest BCUT2D eigenvalue weighted by atomic mass is 19.1. The first-order valence-corrected chi connectivity index (χ1v) is 8.84. The van der Waals surface area contributed by atoms with E-state index in [9.17, 15) is 9.18 Å². The summed E-state index contributed by atoms with van der Waals surface area (Å²) in [6.45, 7) is 1.96. The van der Waals surface area contributed by atoms with Crippen LogP contribution in [0.4, 0.5) is 4.39 Å². The quantitative estimate of drug-likeness (QED) is 0.663. The molecule has 144 valence electrons. The van der Waals surface area contributed by atoms with E-state index in [0.29, 0.717) is 17.1 Å². The lowest BCUT2D eigenvalue weighted by Crippen LogP contribution is -2.30. The number of nitrogens with zero attached hydrogens (tertiary/aromatic N) is 2. The number of ether oxygens (including phenoxy) is 1. The molecule has 1 amide bonds. The largest absolute Gasteiger partial charge is 0.496 e. The summed E-state index contributed by atoms with van der Waals surface area (Å²) in [5.41, 5.74) is 2.20. The number of carbonyl (C=O) groups excluding carboxylic acids is 1. The number of amides is 1. The van der Waals surface area contributed by atoms with Gasteiger partial charge in [0.2, 0.25) is 5.91 Å². The molecule has 1 unspecified atom stereocenters. The Bertz CT molecular complexity index is 1010. The smallest absolute Gasteiger partial charge is 0.244 e. The van der Waals surface area contributed by atoms with Crippen LogP contribution in [0.1, 0.15) is 28.6 Å². The third-order valence-electron chi connectivity index (χ3n) is 4.42. The van der Waals surface area contributed by atoms with Crippen molar-refractivity contribution in [3.05, 3.63) is 89.3 Å². The molecule has 0 aliphatic heterocycles. The Morgan fingerprint density at radius 2 is 2.07 bits per heavy atom. The summed E-state index contributed by atoms with van der Waals surface area (Å²) in [6, 6.07) is 11.4. The van der Waals surface area contributed by atoms with Crippen LogP contribution in [-0.4, -0.2) is 22.6 Å². The highest BCUT2D eigenvalue weighted by molar-refractivity contribution is 5.92. The van der Waals surface area contributed by atoms with Gasteiger partial charge in [-0.2, -0.15) is 0 Å². The minimum atomic E-state index is -0.710. The second-order valence-electron chi connectivity index (χ2n) is 6.44. The Balaban J connectivity index is 1.88. The monoisotopic (exact) mass is 379 g/mol. The van der Waals surface area contributed by atoms with Crippen LogP contribution in [0.5, 0.6) is 5.75 Å². The van der Waals surface area contributed by atoms with Crippen LogP contribution in [-0.2, 0) is 11.8 Å². The van der Waals surface area contributed by atoms with Gasteiger partial charge in [-0.25, -0.2) is 9.37 Å². The molecule has 1 N–H and O–H groups in total. The average molecular weight is 379 g/mol. The maximum absolute atomic E-state index is 14.4. The summed E-state index contributed by atoms with van der Waals surface area (Å²) >= 11 is 0. The minimum absolute atomic E-state index is 0.353. The first kappa shape index (κ1) is 19.4. The Hall–Kier alpha value is -3.41. The van der Waals surface area contributed by atoms with Crippen LogP contribution in [0, 0.1) is 12.7 Å². The molecule has 0 saturated carbocycles. The summed E-state index contributed by atoms with van der Waals surface area (Å²) in [6.07, 6.45) is 6.46. The molecule has 6 heteroatoms. The van der Waals surface area contributed by atoms with Crippen molar-refractivity contribution in [1.82, 2.24) is 14.9 Å². The summed E-state index contributed by atoms with van der Waals surface area (Å²) < 4.78 is 21.5. The zero-order valence-corrected chi connectivity index (χ0v) is 16.0. The Labute approximate surface area is 163 Å². The van der Waals surface area contributed by atoms with Crippen molar-refractivity contribution in [2.75, 3.05) is 7.11 Å². The molecular formula is C22H22FN3O2. The molecule has 3 aromatic rings. The van der Waals surface area contributed by atoms with Crippen LogP contribution < -0.4 is 10.1 Å². The summed E-state index contributed by atoms with van der Waals surface area (Å²) in [4.78, 5) is 16.9. The minimum Gasteiger partial charge on any atom is -0.496 e. The molecule has 2 aromatic carbocycles. The lowest BCUT2D eigenvalue weighted by atomic mass is 10.1. The number of nitrogens with one attached hydrogen (secondary N) is 1. The third-order valence-corrected chi connectivity index (χ3v) is 4.42. The molecule has 0 saturated heterocycles. The summed E-state index contributed by atoms with van der Waals surface area (Å²) in [7, 11) is 3.38. The van der Waals surface area contributed by atoms with Gasteiger partial charge in [-0.1, -0.05) is 29.8 Å². The average Bonchev–Trinajstić information content (AvgIpc) is 3.11. The normalized spacial score (nSPS) is 12.1. The highest BCUT2D eigenvalue weighted by Crippen LogP contribution is 2.24. The Morgan fingerprint density at radius 3 is 2.75 bits per heavy atom. The molecule has 0 radical (unpaired) electrons. The second kappa shape index (κ2) is 8.52. The number of hydrogen-bond acceptors (Lipinski definition) is 3. The van der Waals surface area contributed by atoms with Crippen LogP contribution >= 0.6 is 0 Å². The van der Waals surface area contributed by atoms with Gasteiger partial charge in [0.15, 0.2) is 0 Å².